The van der Waals surface area contributed by atoms with Crippen molar-refractivity contribution in [3.05, 3.63) is 53.2 Å². The van der Waals surface area contributed by atoms with Crippen molar-refractivity contribution in [3.63, 3.8) is 0 Å². The number of fused-ring (bicyclic) bond motifs is 2. The second-order valence-electron chi connectivity index (χ2n) is 11.2. The van der Waals surface area contributed by atoms with E-state index in [0.29, 0.717) is 18.1 Å². The van der Waals surface area contributed by atoms with Gasteiger partial charge in [0, 0.05) is 6.54 Å². The number of carbonyl (C=O) groups is 2. The van der Waals surface area contributed by atoms with Crippen LogP contribution in [0.1, 0.15) is 104 Å². The minimum Gasteiger partial charge on any atom is -0.481 e. The van der Waals surface area contributed by atoms with Crippen LogP contribution in [-0.4, -0.2) is 40.7 Å². The number of aliphatic carboxylic acids is 1. The predicted molar refractivity (Wildman–Crippen MR) is 139 cm³/mol. The Bertz CT molecular complexity index is 1060. The maximum atomic E-state index is 12.7. The van der Waals surface area contributed by atoms with Crippen LogP contribution in [0.25, 0.3) is 0 Å². The number of nitrogens with one attached hydrogen (secondary N) is 1. The molecule has 0 unspecified atom stereocenters. The van der Waals surface area contributed by atoms with E-state index in [1.54, 1.807) is 0 Å². The van der Waals surface area contributed by atoms with Crippen LogP contribution < -0.4 is 5.32 Å². The SMILES string of the molecule is O=C(O)Cc1cccc(CC[C@@H]2[C@H](c3nc(C(=O)NCCCCC4CCCCC4)co3)[C@H]3CC[C@@H]2O3)c1. The quantitative estimate of drug-likeness (QED) is 0.358. The summed E-state index contributed by atoms with van der Waals surface area (Å²) in [5.74, 6) is 0.840. The molecular formula is C30H40N2O5. The Morgan fingerprint density at radius 1 is 1.00 bits per heavy atom. The summed E-state index contributed by atoms with van der Waals surface area (Å²) >= 11 is 0. The van der Waals surface area contributed by atoms with Crippen LogP contribution in [0.4, 0.5) is 0 Å². The first-order chi connectivity index (χ1) is 18.1. The number of rotatable bonds is 12. The number of benzene rings is 1. The predicted octanol–water partition coefficient (Wildman–Crippen LogP) is 5.68. The summed E-state index contributed by atoms with van der Waals surface area (Å²) in [5.41, 5.74) is 2.31. The Kier molecular flexibility index (Phi) is 8.59. The Morgan fingerprint density at radius 3 is 2.65 bits per heavy atom. The lowest BCUT2D eigenvalue weighted by atomic mass is 9.76. The summed E-state index contributed by atoms with van der Waals surface area (Å²) in [6.45, 7) is 0.675. The molecule has 0 spiro atoms. The average Bonchev–Trinajstić information content (AvgIpc) is 3.64. The van der Waals surface area contributed by atoms with Gasteiger partial charge in [0.15, 0.2) is 5.69 Å². The second kappa shape index (κ2) is 12.2. The molecular weight excluding hydrogens is 468 g/mol. The van der Waals surface area contributed by atoms with Crippen LogP contribution in [0, 0.1) is 11.8 Å². The smallest absolute Gasteiger partial charge is 0.307 e. The summed E-state index contributed by atoms with van der Waals surface area (Å²) < 4.78 is 12.1. The molecule has 1 aliphatic carbocycles. The zero-order valence-corrected chi connectivity index (χ0v) is 21.7. The van der Waals surface area contributed by atoms with E-state index in [0.717, 1.165) is 49.1 Å². The monoisotopic (exact) mass is 508 g/mol. The van der Waals surface area contributed by atoms with Crippen LogP contribution in [0.3, 0.4) is 0 Å². The molecule has 3 heterocycles. The van der Waals surface area contributed by atoms with Gasteiger partial charge in [-0.25, -0.2) is 4.98 Å². The number of oxazole rings is 1. The highest BCUT2D eigenvalue weighted by atomic mass is 16.5. The summed E-state index contributed by atoms with van der Waals surface area (Å²) in [6.07, 6.45) is 15.9. The van der Waals surface area contributed by atoms with E-state index in [2.05, 4.69) is 16.4 Å². The van der Waals surface area contributed by atoms with Gasteiger partial charge in [0.25, 0.3) is 5.91 Å². The summed E-state index contributed by atoms with van der Waals surface area (Å²) in [7, 11) is 0. The molecule has 200 valence electrons. The van der Waals surface area contributed by atoms with E-state index in [1.807, 2.05) is 18.2 Å². The normalized spacial score (nSPS) is 25.4. The third kappa shape index (κ3) is 6.61. The molecule has 2 N–H and O–H groups in total. The van der Waals surface area contributed by atoms with Gasteiger partial charge in [-0.1, -0.05) is 69.2 Å². The second-order valence-corrected chi connectivity index (χ2v) is 11.2. The number of unbranched alkanes of at least 4 members (excludes halogenated alkanes) is 1. The van der Waals surface area contributed by atoms with E-state index < -0.39 is 5.97 Å². The third-order valence-corrected chi connectivity index (χ3v) is 8.63. The largest absolute Gasteiger partial charge is 0.481 e. The van der Waals surface area contributed by atoms with Gasteiger partial charge < -0.3 is 19.6 Å². The molecule has 2 aliphatic heterocycles. The first kappa shape index (κ1) is 26.0. The topological polar surface area (TPSA) is 102 Å². The number of carbonyl (C=O) groups excluding carboxylic acids is 1. The molecule has 3 fully saturated rings. The van der Waals surface area contributed by atoms with E-state index in [9.17, 15) is 9.59 Å². The minimum absolute atomic E-state index is 0.0371. The van der Waals surface area contributed by atoms with Crippen LogP contribution in [0.2, 0.25) is 0 Å². The Morgan fingerprint density at radius 2 is 1.81 bits per heavy atom. The number of hydrogen-bond donors (Lipinski definition) is 2. The molecule has 5 rings (SSSR count). The fourth-order valence-corrected chi connectivity index (χ4v) is 6.76. The Hall–Kier alpha value is -2.67. The molecule has 3 aliphatic rings. The van der Waals surface area contributed by atoms with E-state index in [1.165, 1.54) is 51.2 Å². The van der Waals surface area contributed by atoms with Gasteiger partial charge >= 0.3 is 5.97 Å². The van der Waals surface area contributed by atoms with Gasteiger partial charge in [0.05, 0.1) is 24.5 Å². The molecule has 1 aromatic heterocycles. The van der Waals surface area contributed by atoms with Crippen LogP contribution >= 0.6 is 0 Å². The number of carboxylic acids is 1. The zero-order chi connectivity index (χ0) is 25.6. The lowest BCUT2D eigenvalue weighted by Crippen LogP contribution is -2.27. The first-order valence-corrected chi connectivity index (χ1v) is 14.3. The molecule has 37 heavy (non-hydrogen) atoms. The third-order valence-electron chi connectivity index (χ3n) is 8.63. The van der Waals surface area contributed by atoms with Gasteiger partial charge in [-0.05, 0) is 55.1 Å². The van der Waals surface area contributed by atoms with Crippen LogP contribution in [0.15, 0.2) is 34.9 Å². The maximum absolute atomic E-state index is 12.7. The number of hydrogen-bond acceptors (Lipinski definition) is 5. The molecule has 7 heteroatoms. The fourth-order valence-electron chi connectivity index (χ4n) is 6.76. The molecule has 2 saturated heterocycles. The molecule has 2 bridgehead atoms. The van der Waals surface area contributed by atoms with E-state index in [-0.39, 0.29) is 36.4 Å². The van der Waals surface area contributed by atoms with Crippen molar-refractivity contribution >= 4 is 11.9 Å². The standard InChI is InChI=1S/C30H40N2O5/c33-27(34)18-22-11-6-10-21(17-22)12-13-23-25-14-15-26(37-25)28(23)30-32-24(19-36-30)29(35)31-16-5-4-9-20-7-2-1-3-8-20/h6,10-11,17,19-20,23,25-26,28H,1-5,7-9,12-16,18H2,(H,31,35)(H,33,34)/t23-,25-,26+,28-/m0/s1. The van der Waals surface area contributed by atoms with E-state index >= 15 is 0 Å². The number of amides is 1. The average molecular weight is 509 g/mol. The fraction of sp³-hybridized carbons (Fsp3) is 0.633. The number of ether oxygens (including phenoxy) is 1. The number of aryl methyl sites for hydroxylation is 1. The van der Waals surface area contributed by atoms with E-state index in [4.69, 9.17) is 14.3 Å². The van der Waals surface area contributed by atoms with Gasteiger partial charge in [0.1, 0.15) is 6.26 Å². The Balaban J connectivity index is 1.13. The molecule has 1 amide bonds. The van der Waals surface area contributed by atoms with Crippen LogP contribution in [0.5, 0.6) is 0 Å². The van der Waals surface area contributed by atoms with Gasteiger partial charge in [-0.2, -0.15) is 0 Å². The highest BCUT2D eigenvalue weighted by molar-refractivity contribution is 5.91. The highest BCUT2D eigenvalue weighted by Crippen LogP contribution is 2.50. The molecule has 1 aromatic carbocycles. The number of aromatic nitrogens is 1. The molecule has 2 aromatic rings. The first-order valence-electron chi connectivity index (χ1n) is 14.3. The molecule has 1 saturated carbocycles. The van der Waals surface area contributed by atoms with Crippen LogP contribution in [-0.2, 0) is 22.4 Å². The maximum Gasteiger partial charge on any atom is 0.307 e. The van der Waals surface area contributed by atoms with Crippen molar-refractivity contribution in [1.82, 2.24) is 10.3 Å². The molecule has 7 nitrogen and oxygen atoms in total. The lowest BCUT2D eigenvalue weighted by Gasteiger charge is -2.25. The van der Waals surface area contributed by atoms with Gasteiger partial charge in [-0.15, -0.1) is 0 Å². The summed E-state index contributed by atoms with van der Waals surface area (Å²) in [5, 5.41) is 12.1. The van der Waals surface area contributed by atoms with Crippen molar-refractivity contribution in [2.45, 2.75) is 102 Å². The number of nitrogens with zero attached hydrogens (tertiary/aromatic N) is 1. The summed E-state index contributed by atoms with van der Waals surface area (Å²) in [6, 6.07) is 7.83. The number of carboxylic acid groups (broad SMARTS) is 1. The van der Waals surface area contributed by atoms with Crippen molar-refractivity contribution in [1.29, 1.82) is 0 Å². The lowest BCUT2D eigenvalue weighted by molar-refractivity contribution is -0.136. The highest BCUT2D eigenvalue weighted by Gasteiger charge is 2.51. The zero-order valence-electron chi connectivity index (χ0n) is 21.7. The Labute approximate surface area is 219 Å². The summed E-state index contributed by atoms with van der Waals surface area (Å²) in [4.78, 5) is 28.4. The van der Waals surface area contributed by atoms with Gasteiger partial charge in [0.2, 0.25) is 5.89 Å². The van der Waals surface area contributed by atoms with Gasteiger partial charge in [-0.3, -0.25) is 9.59 Å². The van der Waals surface area contributed by atoms with Crippen molar-refractivity contribution in [2.24, 2.45) is 11.8 Å². The van der Waals surface area contributed by atoms with Crippen molar-refractivity contribution in [2.75, 3.05) is 6.54 Å². The minimum atomic E-state index is -0.818. The van der Waals surface area contributed by atoms with Crippen molar-refractivity contribution in [3.8, 4) is 0 Å². The molecule has 0 radical (unpaired) electrons. The molecule has 4 atom stereocenters. The van der Waals surface area contributed by atoms with Crippen molar-refractivity contribution < 1.29 is 23.8 Å².